The van der Waals surface area contributed by atoms with Gasteiger partial charge in [0.05, 0.1) is 19.3 Å². The number of ether oxygens (including phenoxy) is 4. The molecule has 152 valence electrons. The van der Waals surface area contributed by atoms with E-state index in [0.29, 0.717) is 26.7 Å². The van der Waals surface area contributed by atoms with E-state index in [-0.39, 0.29) is 18.8 Å². The van der Waals surface area contributed by atoms with Gasteiger partial charge in [-0.3, -0.25) is 0 Å². The molecule has 1 unspecified atom stereocenters. The lowest BCUT2D eigenvalue weighted by Gasteiger charge is -2.24. The Balaban J connectivity index is 1.68. The molecule has 0 aliphatic carbocycles. The minimum atomic E-state index is -0.549. The van der Waals surface area contributed by atoms with Gasteiger partial charge < -0.3 is 18.9 Å². The van der Waals surface area contributed by atoms with Gasteiger partial charge in [0.2, 0.25) is 0 Å². The largest absolute Gasteiger partial charge is 0.368 e. The Morgan fingerprint density at radius 1 is 0.821 bits per heavy atom. The molecule has 0 bridgehead atoms. The van der Waals surface area contributed by atoms with E-state index in [0.717, 1.165) is 11.1 Å². The molecule has 1 fully saturated rings. The molecule has 0 radical (unpaired) electrons. The van der Waals surface area contributed by atoms with Gasteiger partial charge in [0.1, 0.15) is 12.2 Å². The van der Waals surface area contributed by atoms with Gasteiger partial charge in [0, 0.05) is 27.2 Å². The second kappa shape index (κ2) is 9.96. The van der Waals surface area contributed by atoms with Gasteiger partial charge in [-0.2, -0.15) is 0 Å². The van der Waals surface area contributed by atoms with E-state index < -0.39 is 12.4 Å². The van der Waals surface area contributed by atoms with E-state index in [1.54, 1.807) is 31.4 Å². The fraction of sp³-hybridized carbons (Fsp3) is 0.400. The summed E-state index contributed by atoms with van der Waals surface area (Å²) in [5.41, 5.74) is 1.65. The quantitative estimate of drug-likeness (QED) is 0.490. The Hall–Kier alpha value is -0.560. The van der Waals surface area contributed by atoms with Crippen molar-refractivity contribution in [1.82, 2.24) is 0 Å². The van der Waals surface area contributed by atoms with Crippen LogP contribution in [-0.2, 0) is 32.2 Å². The smallest absolute Gasteiger partial charge is 0.186 e. The average molecular weight is 466 g/mol. The molecule has 0 saturated carbocycles. The molecule has 0 N–H and O–H groups in total. The summed E-state index contributed by atoms with van der Waals surface area (Å²) in [6, 6.07) is 10.6. The first-order chi connectivity index (χ1) is 13.4. The average Bonchev–Trinajstić information content (AvgIpc) is 2.95. The van der Waals surface area contributed by atoms with E-state index in [1.165, 1.54) is 0 Å². The highest BCUT2D eigenvalue weighted by Crippen LogP contribution is 2.31. The molecule has 2 aromatic rings. The summed E-state index contributed by atoms with van der Waals surface area (Å²) in [7, 11) is 1.57. The highest BCUT2D eigenvalue weighted by Gasteiger charge is 2.44. The van der Waals surface area contributed by atoms with Crippen LogP contribution < -0.4 is 0 Å². The van der Waals surface area contributed by atoms with E-state index in [4.69, 9.17) is 65.4 Å². The maximum absolute atomic E-state index is 6.24. The Kier molecular flexibility index (Phi) is 7.88. The summed E-state index contributed by atoms with van der Waals surface area (Å²) in [5, 5.41) is 2.24. The Labute approximate surface area is 184 Å². The zero-order valence-electron chi connectivity index (χ0n) is 15.3. The number of methoxy groups -OCH3 is 1. The fourth-order valence-corrected chi connectivity index (χ4v) is 3.96. The van der Waals surface area contributed by atoms with Crippen molar-refractivity contribution in [1.29, 1.82) is 0 Å². The molecule has 4 atom stereocenters. The van der Waals surface area contributed by atoms with E-state index in [2.05, 4.69) is 0 Å². The molecule has 3 rings (SSSR count). The van der Waals surface area contributed by atoms with Crippen molar-refractivity contribution in [2.24, 2.45) is 0 Å². The van der Waals surface area contributed by atoms with Crippen molar-refractivity contribution in [3.8, 4) is 0 Å². The lowest BCUT2D eigenvalue weighted by atomic mass is 10.1. The molecule has 4 nitrogen and oxygen atoms in total. The summed E-state index contributed by atoms with van der Waals surface area (Å²) in [6.45, 7) is 2.49. The maximum Gasteiger partial charge on any atom is 0.186 e. The van der Waals surface area contributed by atoms with Gasteiger partial charge in [-0.05, 0) is 42.3 Å². The first kappa shape index (κ1) is 22.1. The van der Waals surface area contributed by atoms with Gasteiger partial charge in [-0.15, -0.1) is 0 Å². The van der Waals surface area contributed by atoms with Crippen LogP contribution in [-0.4, -0.2) is 31.7 Å². The monoisotopic (exact) mass is 464 g/mol. The van der Waals surface area contributed by atoms with Crippen LogP contribution in [0.3, 0.4) is 0 Å². The molecule has 8 heteroatoms. The molecule has 28 heavy (non-hydrogen) atoms. The summed E-state index contributed by atoms with van der Waals surface area (Å²) in [5.74, 6) is 0. The van der Waals surface area contributed by atoms with Crippen LogP contribution in [0.25, 0.3) is 0 Å². The molecule has 1 aliphatic heterocycles. The van der Waals surface area contributed by atoms with Crippen molar-refractivity contribution in [2.75, 3.05) is 7.11 Å². The molecule has 0 amide bonds. The van der Waals surface area contributed by atoms with Crippen molar-refractivity contribution in [2.45, 2.75) is 44.7 Å². The first-order valence-corrected chi connectivity index (χ1v) is 10.2. The molecule has 1 aliphatic rings. The fourth-order valence-electron chi connectivity index (χ4n) is 3.03. The second-order valence-corrected chi connectivity index (χ2v) is 8.16. The SMILES string of the molecule is COC1O[C@H](C)[C@@H](OCc2ccc(Cl)cc2Cl)[C@H]1OCc1ccc(Cl)cc1Cl. The molecule has 0 spiro atoms. The van der Waals surface area contributed by atoms with Crippen molar-refractivity contribution < 1.29 is 18.9 Å². The third-order valence-electron chi connectivity index (χ3n) is 4.53. The van der Waals surface area contributed by atoms with Crippen molar-refractivity contribution in [3.05, 3.63) is 67.6 Å². The van der Waals surface area contributed by atoms with Gasteiger partial charge in [0.25, 0.3) is 0 Å². The van der Waals surface area contributed by atoms with E-state index in [1.807, 2.05) is 19.1 Å². The molecule has 2 aromatic carbocycles. The van der Waals surface area contributed by atoms with E-state index >= 15 is 0 Å². The van der Waals surface area contributed by atoms with Gasteiger partial charge in [0.15, 0.2) is 6.29 Å². The molecule has 0 aromatic heterocycles. The van der Waals surface area contributed by atoms with Crippen LogP contribution in [0.2, 0.25) is 20.1 Å². The van der Waals surface area contributed by atoms with Crippen LogP contribution in [0.4, 0.5) is 0 Å². The number of benzene rings is 2. The third-order valence-corrected chi connectivity index (χ3v) is 5.70. The zero-order chi connectivity index (χ0) is 20.3. The lowest BCUT2D eigenvalue weighted by molar-refractivity contribution is -0.165. The number of rotatable bonds is 7. The minimum Gasteiger partial charge on any atom is -0.368 e. The highest BCUT2D eigenvalue weighted by molar-refractivity contribution is 6.35. The Morgan fingerprint density at radius 2 is 1.32 bits per heavy atom. The number of halogens is 4. The standard InChI is InChI=1S/C20H20Cl4O4/c1-11-18(26-9-12-3-5-14(21)7-16(12)23)19(20(25-2)28-11)27-10-13-4-6-15(22)8-17(13)24/h3-8,11,18-20H,9-10H2,1-2H3/t11-,18-,19-,20?/m1/s1. The summed E-state index contributed by atoms with van der Waals surface area (Å²) in [6.07, 6.45) is -1.55. The predicted octanol–water partition coefficient (Wildman–Crippen LogP) is 6.16. The first-order valence-electron chi connectivity index (χ1n) is 8.68. The Morgan fingerprint density at radius 3 is 1.79 bits per heavy atom. The van der Waals surface area contributed by atoms with Gasteiger partial charge in [-0.25, -0.2) is 0 Å². The summed E-state index contributed by atoms with van der Waals surface area (Å²) >= 11 is 24.4. The van der Waals surface area contributed by atoms with Crippen LogP contribution in [0.1, 0.15) is 18.1 Å². The van der Waals surface area contributed by atoms with Crippen LogP contribution in [0, 0.1) is 0 Å². The van der Waals surface area contributed by atoms with Crippen molar-refractivity contribution >= 4 is 46.4 Å². The van der Waals surface area contributed by atoms with E-state index in [9.17, 15) is 0 Å². The van der Waals surface area contributed by atoms with Crippen LogP contribution in [0.15, 0.2) is 36.4 Å². The molecule has 1 saturated heterocycles. The highest BCUT2D eigenvalue weighted by atomic mass is 35.5. The lowest BCUT2D eigenvalue weighted by Crippen LogP contribution is -2.37. The normalized spacial score (nSPS) is 24.6. The topological polar surface area (TPSA) is 36.9 Å². The number of hydrogen-bond donors (Lipinski definition) is 0. The van der Waals surface area contributed by atoms with Gasteiger partial charge in [-0.1, -0.05) is 58.5 Å². The maximum atomic E-state index is 6.24. The molecular weight excluding hydrogens is 446 g/mol. The van der Waals surface area contributed by atoms with Gasteiger partial charge >= 0.3 is 0 Å². The second-order valence-electron chi connectivity index (χ2n) is 6.47. The number of hydrogen-bond acceptors (Lipinski definition) is 4. The zero-order valence-corrected chi connectivity index (χ0v) is 18.4. The Bertz CT molecular complexity index is 817. The van der Waals surface area contributed by atoms with Crippen LogP contribution in [0.5, 0.6) is 0 Å². The summed E-state index contributed by atoms with van der Waals surface area (Å²) in [4.78, 5) is 0. The molecule has 1 heterocycles. The minimum absolute atomic E-state index is 0.221. The third kappa shape index (κ3) is 5.32. The molecular formula is C20H20Cl4O4. The van der Waals surface area contributed by atoms with Crippen molar-refractivity contribution in [3.63, 3.8) is 0 Å². The van der Waals surface area contributed by atoms with Crippen LogP contribution >= 0.6 is 46.4 Å². The predicted molar refractivity (Wildman–Crippen MR) is 111 cm³/mol. The summed E-state index contributed by atoms with van der Waals surface area (Å²) < 4.78 is 23.4.